The van der Waals surface area contributed by atoms with Crippen LogP contribution in [0.1, 0.15) is 84.0 Å². The fourth-order valence-corrected chi connectivity index (χ4v) is 7.87. The van der Waals surface area contributed by atoms with Gasteiger partial charge in [0.25, 0.3) is 0 Å². The Kier molecular flexibility index (Phi) is 7.89. The smallest absolute Gasteiger partial charge is 0.246 e. The molecule has 3 aliphatic heterocycles. The van der Waals surface area contributed by atoms with Gasteiger partial charge in [-0.2, -0.15) is 0 Å². The molecule has 8 nitrogen and oxygen atoms in total. The maximum absolute atomic E-state index is 14.4. The van der Waals surface area contributed by atoms with Crippen molar-refractivity contribution in [2.45, 2.75) is 114 Å². The Morgan fingerprint density at radius 3 is 2.30 bits per heavy atom. The van der Waals surface area contributed by atoms with Crippen LogP contribution in [0.3, 0.4) is 0 Å². The van der Waals surface area contributed by atoms with Gasteiger partial charge in [0, 0.05) is 17.8 Å². The number of rotatable bonds is 7. The maximum Gasteiger partial charge on any atom is 0.246 e. The number of nitrogens with one attached hydrogen (secondary N) is 2. The fraction of sp³-hybridized carbons (Fsp3) is 0.656. The van der Waals surface area contributed by atoms with Gasteiger partial charge in [0.2, 0.25) is 17.7 Å². The highest BCUT2D eigenvalue weighted by Crippen LogP contribution is 2.56. The number of amides is 3. The van der Waals surface area contributed by atoms with Crippen molar-refractivity contribution in [3.8, 4) is 5.75 Å². The van der Waals surface area contributed by atoms with Crippen LogP contribution < -0.4 is 15.4 Å². The van der Waals surface area contributed by atoms with E-state index >= 15 is 0 Å². The molecule has 0 radical (unpaired) electrons. The Hall–Kier alpha value is -2.87. The molecule has 3 amide bonds. The molecule has 2 N–H and O–H groups in total. The molecular formula is C32H43N3O5. The second-order valence-corrected chi connectivity index (χ2v) is 12.2. The van der Waals surface area contributed by atoms with Crippen LogP contribution >= 0.6 is 0 Å². The second-order valence-electron chi connectivity index (χ2n) is 12.2. The Morgan fingerprint density at radius 1 is 0.950 bits per heavy atom. The van der Waals surface area contributed by atoms with E-state index in [0.717, 1.165) is 70.0 Å². The number of hydrogen-bond donors (Lipinski definition) is 2. The van der Waals surface area contributed by atoms with E-state index in [9.17, 15) is 14.4 Å². The lowest BCUT2D eigenvalue weighted by atomic mass is 9.74. The minimum Gasteiger partial charge on any atom is -0.494 e. The minimum absolute atomic E-state index is 0.0132. The van der Waals surface area contributed by atoms with Gasteiger partial charge in [-0.25, -0.2) is 0 Å². The average molecular weight is 550 g/mol. The molecule has 5 aliphatic rings. The highest BCUT2D eigenvalue weighted by atomic mass is 16.5. The van der Waals surface area contributed by atoms with Gasteiger partial charge in [0.15, 0.2) is 0 Å². The average Bonchev–Trinajstić information content (AvgIpc) is 3.58. The van der Waals surface area contributed by atoms with E-state index in [1.54, 1.807) is 12.1 Å². The number of ether oxygens (including phenoxy) is 2. The molecule has 1 aromatic rings. The third kappa shape index (κ3) is 4.93. The first-order chi connectivity index (χ1) is 19.5. The third-order valence-electron chi connectivity index (χ3n) is 9.72. The van der Waals surface area contributed by atoms with Crippen molar-refractivity contribution in [3.63, 3.8) is 0 Å². The molecule has 5 unspecified atom stereocenters. The minimum atomic E-state index is -1.11. The first kappa shape index (κ1) is 27.3. The summed E-state index contributed by atoms with van der Waals surface area (Å²) in [6, 6.07) is 6.62. The lowest BCUT2D eigenvalue weighted by molar-refractivity contribution is -0.144. The molecule has 2 aliphatic carbocycles. The quantitative estimate of drug-likeness (QED) is 0.479. The number of anilines is 1. The van der Waals surface area contributed by atoms with E-state index in [4.69, 9.17) is 9.47 Å². The van der Waals surface area contributed by atoms with Crippen molar-refractivity contribution in [2.75, 3.05) is 11.9 Å². The van der Waals surface area contributed by atoms with Crippen molar-refractivity contribution in [2.24, 2.45) is 11.8 Å². The zero-order chi connectivity index (χ0) is 27.7. The largest absolute Gasteiger partial charge is 0.494 e. The first-order valence-corrected chi connectivity index (χ1v) is 15.6. The Morgan fingerprint density at radius 2 is 1.60 bits per heavy atom. The molecular weight excluding hydrogens is 506 g/mol. The molecule has 2 saturated carbocycles. The van der Waals surface area contributed by atoms with E-state index in [0.29, 0.717) is 12.3 Å². The van der Waals surface area contributed by atoms with Gasteiger partial charge in [-0.05, 0) is 56.9 Å². The number of likely N-dealkylation sites (tertiary alicyclic amines) is 1. The van der Waals surface area contributed by atoms with Crippen LogP contribution in [0.25, 0.3) is 0 Å². The van der Waals surface area contributed by atoms with Crippen molar-refractivity contribution in [1.82, 2.24) is 10.2 Å². The van der Waals surface area contributed by atoms with E-state index < -0.39 is 29.6 Å². The molecule has 0 aromatic heterocycles. The summed E-state index contributed by atoms with van der Waals surface area (Å²) >= 11 is 0. The summed E-state index contributed by atoms with van der Waals surface area (Å²) < 4.78 is 12.1. The van der Waals surface area contributed by atoms with E-state index in [2.05, 4.69) is 10.6 Å². The summed E-state index contributed by atoms with van der Waals surface area (Å²) in [5.74, 6) is -1.14. The van der Waals surface area contributed by atoms with Crippen LogP contribution in [0, 0.1) is 11.8 Å². The number of carbonyl (C=O) groups excluding carboxylic acids is 3. The van der Waals surface area contributed by atoms with Gasteiger partial charge in [-0.15, -0.1) is 0 Å². The van der Waals surface area contributed by atoms with Crippen LogP contribution in [0.4, 0.5) is 5.69 Å². The zero-order valence-corrected chi connectivity index (χ0v) is 23.6. The molecule has 2 bridgehead atoms. The van der Waals surface area contributed by atoms with Gasteiger partial charge in [0.1, 0.15) is 17.4 Å². The summed E-state index contributed by atoms with van der Waals surface area (Å²) in [5.41, 5.74) is -0.466. The Balaban J connectivity index is 1.29. The van der Waals surface area contributed by atoms with Crippen LogP contribution in [-0.2, 0) is 19.1 Å². The number of benzene rings is 1. The topological polar surface area (TPSA) is 97.0 Å². The Labute approximate surface area is 237 Å². The fourth-order valence-electron chi connectivity index (χ4n) is 7.87. The van der Waals surface area contributed by atoms with Gasteiger partial charge in [0.05, 0.1) is 24.5 Å². The monoisotopic (exact) mass is 549 g/mol. The molecule has 3 heterocycles. The molecule has 1 aromatic carbocycles. The van der Waals surface area contributed by atoms with Crippen molar-refractivity contribution in [1.29, 1.82) is 0 Å². The normalized spacial score (nSPS) is 32.4. The summed E-state index contributed by atoms with van der Waals surface area (Å²) in [6.45, 7) is 2.49. The lowest BCUT2D eigenvalue weighted by Gasteiger charge is -2.38. The number of fused-ring (bicyclic) bond motifs is 1. The van der Waals surface area contributed by atoms with Crippen molar-refractivity contribution in [3.05, 3.63) is 36.4 Å². The summed E-state index contributed by atoms with van der Waals surface area (Å²) in [7, 11) is 0. The van der Waals surface area contributed by atoms with Crippen LogP contribution in [0.15, 0.2) is 36.4 Å². The van der Waals surface area contributed by atoms with Crippen molar-refractivity contribution >= 4 is 23.4 Å². The highest BCUT2D eigenvalue weighted by Gasteiger charge is 2.73. The molecule has 2 saturated heterocycles. The molecule has 6 rings (SSSR count). The predicted molar refractivity (Wildman–Crippen MR) is 152 cm³/mol. The second kappa shape index (κ2) is 11.6. The van der Waals surface area contributed by atoms with Crippen LogP contribution in [0.5, 0.6) is 5.75 Å². The molecule has 8 heteroatoms. The predicted octanol–water partition coefficient (Wildman–Crippen LogP) is 4.74. The Bertz CT molecular complexity index is 1120. The summed E-state index contributed by atoms with van der Waals surface area (Å²) in [4.78, 5) is 44.1. The SMILES string of the molecule is CCOc1ccc(NC(=O)C2C3C=CC4(O3)C2C(=O)N(C2CCCCCCC2)C4C(=O)NC2CCCCC2)cc1. The molecule has 216 valence electrons. The van der Waals surface area contributed by atoms with E-state index in [1.165, 1.54) is 12.8 Å². The first-order valence-electron chi connectivity index (χ1n) is 15.6. The highest BCUT2D eigenvalue weighted by molar-refractivity contribution is 6.03. The van der Waals surface area contributed by atoms with Gasteiger partial charge >= 0.3 is 0 Å². The van der Waals surface area contributed by atoms with Gasteiger partial charge < -0.3 is 25.0 Å². The maximum atomic E-state index is 14.4. The summed E-state index contributed by atoms with van der Waals surface area (Å²) in [6.07, 6.45) is 16.1. The molecule has 5 atom stereocenters. The molecule has 4 fully saturated rings. The number of hydrogen-bond acceptors (Lipinski definition) is 5. The zero-order valence-electron chi connectivity index (χ0n) is 23.6. The lowest BCUT2D eigenvalue weighted by Crippen LogP contribution is -2.58. The summed E-state index contributed by atoms with van der Waals surface area (Å²) in [5, 5.41) is 6.32. The number of nitrogens with zero attached hydrogens (tertiary/aromatic N) is 1. The standard InChI is InChI=1S/C32H43N3O5/c1-2-39-24-17-15-22(16-18-24)33-29(36)26-25-19-20-32(40-25)27(26)31(38)35(23-13-9-4-3-5-10-14-23)28(32)30(37)34-21-11-7-6-8-12-21/h15-21,23,25-28H,2-14H2,1H3,(H,33,36)(H,34,37). The molecule has 1 spiro atoms. The van der Waals surface area contributed by atoms with Crippen LogP contribution in [0.2, 0.25) is 0 Å². The number of carbonyl (C=O) groups is 3. The molecule has 40 heavy (non-hydrogen) atoms. The third-order valence-corrected chi connectivity index (χ3v) is 9.72. The van der Waals surface area contributed by atoms with Gasteiger partial charge in [-0.3, -0.25) is 14.4 Å². The van der Waals surface area contributed by atoms with E-state index in [1.807, 2.05) is 36.1 Å². The van der Waals surface area contributed by atoms with E-state index in [-0.39, 0.29) is 29.8 Å². The van der Waals surface area contributed by atoms with Crippen molar-refractivity contribution < 1.29 is 23.9 Å². The van der Waals surface area contributed by atoms with Crippen LogP contribution in [-0.4, -0.2) is 59.1 Å². The van der Waals surface area contributed by atoms with Gasteiger partial charge in [-0.1, -0.05) is 63.5 Å².